The molecule has 21 heavy (non-hydrogen) atoms. The van der Waals surface area contributed by atoms with Crippen LogP contribution in [0.4, 0.5) is 10.1 Å². The van der Waals surface area contributed by atoms with Crippen LogP contribution in [0.25, 0.3) is 0 Å². The second kappa shape index (κ2) is 4.91. The predicted octanol–water partition coefficient (Wildman–Crippen LogP) is 3.05. The summed E-state index contributed by atoms with van der Waals surface area (Å²) in [6.07, 6.45) is 0. The van der Waals surface area contributed by atoms with E-state index in [4.69, 9.17) is 15.4 Å². The summed E-state index contributed by atoms with van der Waals surface area (Å²) in [5.41, 5.74) is 2.66. The van der Waals surface area contributed by atoms with Crippen LogP contribution in [0.3, 0.4) is 0 Å². The third kappa shape index (κ3) is 2.11. The number of hydrogen-bond acceptors (Lipinski definition) is 3. The Bertz CT molecular complexity index is 780. The van der Waals surface area contributed by atoms with Crippen LogP contribution in [-0.4, -0.2) is 12.9 Å². The monoisotopic (exact) mass is 281 g/mol. The van der Waals surface area contributed by atoms with Crippen molar-refractivity contribution in [2.45, 2.75) is 6.54 Å². The van der Waals surface area contributed by atoms with E-state index in [1.807, 2.05) is 0 Å². The molecule has 104 valence electrons. The number of nitriles is 1. The molecule has 0 saturated heterocycles. The largest absolute Gasteiger partial charge is 0.495 e. The molecule has 2 aromatic carbocycles. The van der Waals surface area contributed by atoms with Gasteiger partial charge in [-0.1, -0.05) is 6.07 Å². The van der Waals surface area contributed by atoms with Gasteiger partial charge in [0.15, 0.2) is 0 Å². The van der Waals surface area contributed by atoms with Crippen molar-refractivity contribution in [2.75, 3.05) is 12.0 Å². The molecule has 0 unspecified atom stereocenters. The van der Waals surface area contributed by atoms with E-state index in [9.17, 15) is 4.39 Å². The molecule has 1 heterocycles. The summed E-state index contributed by atoms with van der Waals surface area (Å²) in [5, 5.41) is 17.2. The summed E-state index contributed by atoms with van der Waals surface area (Å²) < 4.78 is 18.6. The van der Waals surface area contributed by atoms with Gasteiger partial charge in [-0.2, -0.15) is 5.26 Å². The molecule has 0 spiro atoms. The van der Waals surface area contributed by atoms with E-state index >= 15 is 0 Å². The molecule has 0 atom stereocenters. The summed E-state index contributed by atoms with van der Waals surface area (Å²) in [5.74, 6) is 0.395. The van der Waals surface area contributed by atoms with Crippen LogP contribution in [0.5, 0.6) is 5.75 Å². The summed E-state index contributed by atoms with van der Waals surface area (Å²) in [4.78, 5) is 1.74. The molecule has 0 aromatic heterocycles. The Labute approximate surface area is 121 Å². The molecule has 4 nitrogen and oxygen atoms in total. The van der Waals surface area contributed by atoms with Gasteiger partial charge in [0.2, 0.25) is 0 Å². The number of hydrogen-bond donors (Lipinski definition) is 1. The van der Waals surface area contributed by atoms with Gasteiger partial charge in [0.1, 0.15) is 17.4 Å². The Morgan fingerprint density at radius 1 is 1.29 bits per heavy atom. The summed E-state index contributed by atoms with van der Waals surface area (Å²) in [7, 11) is 1.52. The van der Waals surface area contributed by atoms with Crippen LogP contribution >= 0.6 is 0 Å². The van der Waals surface area contributed by atoms with E-state index in [1.54, 1.807) is 29.2 Å². The molecule has 1 N–H and O–H groups in total. The molecule has 0 aliphatic carbocycles. The normalized spacial score (nSPS) is 13.0. The van der Waals surface area contributed by atoms with Crippen molar-refractivity contribution in [2.24, 2.45) is 0 Å². The van der Waals surface area contributed by atoms with E-state index in [2.05, 4.69) is 6.07 Å². The van der Waals surface area contributed by atoms with Gasteiger partial charge in [-0.25, -0.2) is 4.39 Å². The highest BCUT2D eigenvalue weighted by atomic mass is 19.1. The zero-order valence-corrected chi connectivity index (χ0v) is 11.4. The molecule has 0 amide bonds. The number of anilines is 1. The van der Waals surface area contributed by atoms with E-state index in [1.165, 1.54) is 19.2 Å². The predicted molar refractivity (Wildman–Crippen MR) is 77.1 cm³/mol. The molecule has 3 rings (SSSR count). The lowest BCUT2D eigenvalue weighted by Crippen LogP contribution is -2.23. The Balaban J connectivity index is 2.04. The number of nitrogens with one attached hydrogen (secondary N) is 1. The van der Waals surface area contributed by atoms with Crippen LogP contribution in [-0.2, 0) is 6.54 Å². The zero-order chi connectivity index (χ0) is 15.0. The number of ether oxygens (including phenoxy) is 1. The summed E-state index contributed by atoms with van der Waals surface area (Å²) in [6.45, 7) is 0.483. The molecule has 0 saturated carbocycles. The summed E-state index contributed by atoms with van der Waals surface area (Å²) >= 11 is 0. The quantitative estimate of drug-likeness (QED) is 0.920. The van der Waals surface area contributed by atoms with Crippen LogP contribution < -0.4 is 9.64 Å². The number of benzene rings is 2. The topological polar surface area (TPSA) is 60.1 Å². The molecular formula is C16H12FN3O. The average Bonchev–Trinajstić information content (AvgIpc) is 2.83. The van der Waals surface area contributed by atoms with Gasteiger partial charge in [-0.05, 0) is 29.8 Å². The fraction of sp³-hybridized carbons (Fsp3) is 0.125. The van der Waals surface area contributed by atoms with Gasteiger partial charge in [0.25, 0.3) is 0 Å². The number of amidine groups is 1. The maximum absolute atomic E-state index is 13.3. The fourth-order valence-corrected chi connectivity index (χ4v) is 2.48. The second-order valence-electron chi connectivity index (χ2n) is 4.73. The van der Waals surface area contributed by atoms with Crippen molar-refractivity contribution in [3.05, 3.63) is 58.9 Å². The van der Waals surface area contributed by atoms with Crippen molar-refractivity contribution in [3.8, 4) is 11.8 Å². The lowest BCUT2D eigenvalue weighted by atomic mass is 10.1. The first-order valence-corrected chi connectivity index (χ1v) is 6.37. The van der Waals surface area contributed by atoms with Crippen molar-refractivity contribution < 1.29 is 9.13 Å². The molecule has 0 radical (unpaired) electrons. The second-order valence-corrected chi connectivity index (χ2v) is 4.73. The zero-order valence-electron chi connectivity index (χ0n) is 11.4. The maximum Gasteiger partial charge on any atom is 0.143 e. The lowest BCUT2D eigenvalue weighted by molar-refractivity contribution is 0.415. The molecule has 1 aliphatic heterocycles. The highest BCUT2D eigenvalue weighted by Crippen LogP contribution is 2.35. The highest BCUT2D eigenvalue weighted by molar-refractivity contribution is 6.12. The van der Waals surface area contributed by atoms with E-state index in [0.29, 0.717) is 29.1 Å². The molecule has 1 aliphatic rings. The minimum Gasteiger partial charge on any atom is -0.495 e. The van der Waals surface area contributed by atoms with Crippen molar-refractivity contribution in [1.29, 1.82) is 10.7 Å². The third-order valence-corrected chi connectivity index (χ3v) is 3.53. The lowest BCUT2D eigenvalue weighted by Gasteiger charge is -2.20. The van der Waals surface area contributed by atoms with Crippen LogP contribution in [0.2, 0.25) is 0 Å². The van der Waals surface area contributed by atoms with Gasteiger partial charge in [0, 0.05) is 11.6 Å². The van der Waals surface area contributed by atoms with Gasteiger partial charge in [-0.15, -0.1) is 0 Å². The Morgan fingerprint density at radius 2 is 2.10 bits per heavy atom. The average molecular weight is 281 g/mol. The standard InChI is InChI=1S/C16H12FN3O/c1-21-15-6-10(8-18)2-5-14(15)20-9-11-3-4-12(17)7-13(11)16(20)19/h2-7,19H,9H2,1H3. The SMILES string of the molecule is COc1cc(C#N)ccc1N1Cc2ccc(F)cc2C1=N. The first-order valence-electron chi connectivity index (χ1n) is 6.37. The van der Waals surface area contributed by atoms with Crippen molar-refractivity contribution in [3.63, 3.8) is 0 Å². The molecule has 2 aromatic rings. The highest BCUT2D eigenvalue weighted by Gasteiger charge is 2.27. The Hall–Kier alpha value is -2.87. The molecule has 0 bridgehead atoms. The van der Waals surface area contributed by atoms with Crippen LogP contribution in [0.15, 0.2) is 36.4 Å². The van der Waals surface area contributed by atoms with Gasteiger partial charge < -0.3 is 9.64 Å². The van der Waals surface area contributed by atoms with E-state index < -0.39 is 0 Å². The Morgan fingerprint density at radius 3 is 2.81 bits per heavy atom. The number of methoxy groups -OCH3 is 1. The van der Waals surface area contributed by atoms with Gasteiger partial charge in [-0.3, -0.25) is 5.41 Å². The molecule has 5 heteroatoms. The smallest absolute Gasteiger partial charge is 0.143 e. The minimum atomic E-state index is -0.354. The number of halogens is 1. The minimum absolute atomic E-state index is 0.229. The number of fused-ring (bicyclic) bond motifs is 1. The Kier molecular flexibility index (Phi) is 3.07. The van der Waals surface area contributed by atoms with Crippen molar-refractivity contribution in [1.82, 2.24) is 0 Å². The number of rotatable bonds is 2. The van der Waals surface area contributed by atoms with Gasteiger partial charge in [0.05, 0.1) is 31.0 Å². The van der Waals surface area contributed by atoms with Gasteiger partial charge >= 0.3 is 0 Å². The van der Waals surface area contributed by atoms with E-state index in [0.717, 1.165) is 5.56 Å². The summed E-state index contributed by atoms with van der Waals surface area (Å²) in [6, 6.07) is 11.6. The number of nitrogens with zero attached hydrogens (tertiary/aromatic N) is 2. The first-order chi connectivity index (χ1) is 10.1. The fourth-order valence-electron chi connectivity index (χ4n) is 2.48. The van der Waals surface area contributed by atoms with Crippen LogP contribution in [0.1, 0.15) is 16.7 Å². The van der Waals surface area contributed by atoms with Crippen molar-refractivity contribution >= 4 is 11.5 Å². The third-order valence-electron chi connectivity index (χ3n) is 3.53. The van der Waals surface area contributed by atoms with Crippen LogP contribution in [0, 0.1) is 22.6 Å². The van der Waals surface area contributed by atoms with E-state index in [-0.39, 0.29) is 11.7 Å². The molecular weight excluding hydrogens is 269 g/mol. The first kappa shape index (κ1) is 13.1. The maximum atomic E-state index is 13.3. The molecule has 0 fully saturated rings.